The number of fused-ring (bicyclic) bond motifs is 1. The highest BCUT2D eigenvalue weighted by Gasteiger charge is 2.27. The molecule has 0 aromatic carbocycles. The number of imidazole rings is 1. The molecule has 5 nitrogen and oxygen atoms in total. The third-order valence-electron chi connectivity index (χ3n) is 2.63. The van der Waals surface area contributed by atoms with Crippen LogP contribution in [0.4, 0.5) is 0 Å². The maximum absolute atomic E-state index is 11.6. The van der Waals surface area contributed by atoms with Crippen molar-refractivity contribution in [3.63, 3.8) is 0 Å². The second kappa shape index (κ2) is 3.94. The number of pyridine rings is 1. The van der Waals surface area contributed by atoms with E-state index >= 15 is 0 Å². The Labute approximate surface area is 104 Å². The van der Waals surface area contributed by atoms with Gasteiger partial charge in [-0.05, 0) is 12.1 Å². The third-order valence-corrected chi connectivity index (χ3v) is 2.63. The molecule has 0 radical (unpaired) electrons. The van der Waals surface area contributed by atoms with Crippen molar-refractivity contribution < 1.29 is 14.7 Å². The quantitative estimate of drug-likeness (QED) is 0.649. The Balaban J connectivity index is 2.77. The van der Waals surface area contributed by atoms with Crippen molar-refractivity contribution in [2.75, 3.05) is 0 Å². The number of nitrogens with zero attached hydrogens (tertiary/aromatic N) is 2. The summed E-state index contributed by atoms with van der Waals surface area (Å²) in [5, 5.41) is 8.81. The zero-order valence-electron chi connectivity index (χ0n) is 10.5. The molecule has 18 heavy (non-hydrogen) atoms. The lowest BCUT2D eigenvalue weighted by Gasteiger charge is -2.16. The van der Waals surface area contributed by atoms with Crippen LogP contribution >= 0.6 is 0 Å². The van der Waals surface area contributed by atoms with E-state index in [0.29, 0.717) is 11.3 Å². The Morgan fingerprint density at radius 3 is 2.50 bits per heavy atom. The van der Waals surface area contributed by atoms with Crippen molar-refractivity contribution >= 4 is 17.3 Å². The molecule has 2 heterocycles. The second-order valence-electron chi connectivity index (χ2n) is 5.12. The van der Waals surface area contributed by atoms with Crippen LogP contribution < -0.4 is 0 Å². The summed E-state index contributed by atoms with van der Waals surface area (Å²) in [4.78, 5) is 26.6. The number of aromatic nitrogens is 2. The minimum atomic E-state index is -1.49. The van der Waals surface area contributed by atoms with Gasteiger partial charge in [0.1, 0.15) is 11.5 Å². The summed E-state index contributed by atoms with van der Waals surface area (Å²) in [6.45, 7) is 5.89. The molecule has 0 atom stereocenters. The molecule has 0 amide bonds. The van der Waals surface area contributed by atoms with E-state index in [1.54, 1.807) is 22.7 Å². The molecule has 2 rings (SSSR count). The van der Waals surface area contributed by atoms with Gasteiger partial charge in [-0.3, -0.25) is 4.79 Å². The largest absolute Gasteiger partial charge is 0.475 e. The van der Waals surface area contributed by atoms with Gasteiger partial charge in [-0.2, -0.15) is 0 Å². The van der Waals surface area contributed by atoms with Crippen LogP contribution in [0.3, 0.4) is 0 Å². The van der Waals surface area contributed by atoms with Crippen LogP contribution in [-0.2, 0) is 10.2 Å². The standard InChI is InChI=1S/C13H14N2O3/c1-13(2,3)12-14-9(10(16)11(17)18)8-6-4-5-7-15(8)12/h4-7H,1-3H3,(H,17,18). The van der Waals surface area contributed by atoms with Crippen LogP contribution in [0.15, 0.2) is 24.4 Å². The lowest BCUT2D eigenvalue weighted by Crippen LogP contribution is -2.17. The number of ketones is 1. The van der Waals surface area contributed by atoms with E-state index in [9.17, 15) is 9.59 Å². The minimum Gasteiger partial charge on any atom is -0.475 e. The number of hydrogen-bond donors (Lipinski definition) is 1. The fourth-order valence-electron chi connectivity index (χ4n) is 1.84. The molecule has 0 spiro atoms. The van der Waals surface area contributed by atoms with Gasteiger partial charge < -0.3 is 9.51 Å². The van der Waals surface area contributed by atoms with E-state index in [-0.39, 0.29) is 11.1 Å². The Morgan fingerprint density at radius 1 is 1.28 bits per heavy atom. The molecule has 2 aromatic heterocycles. The van der Waals surface area contributed by atoms with E-state index < -0.39 is 11.8 Å². The number of rotatable bonds is 2. The SMILES string of the molecule is CC(C)(C)c1nc(C(=O)C(=O)O)c2ccccn12. The normalized spacial score (nSPS) is 11.7. The predicted molar refractivity (Wildman–Crippen MR) is 65.9 cm³/mol. The molecule has 0 saturated heterocycles. The van der Waals surface area contributed by atoms with Crippen LogP contribution in [0.5, 0.6) is 0 Å². The number of carbonyl (C=O) groups excluding carboxylic acids is 1. The van der Waals surface area contributed by atoms with Gasteiger partial charge in [-0.1, -0.05) is 26.8 Å². The highest BCUT2D eigenvalue weighted by Crippen LogP contribution is 2.24. The molecule has 0 bridgehead atoms. The van der Waals surface area contributed by atoms with Gasteiger partial charge in [0, 0.05) is 11.6 Å². The molecule has 0 fully saturated rings. The zero-order valence-corrected chi connectivity index (χ0v) is 10.5. The maximum atomic E-state index is 11.6. The van der Waals surface area contributed by atoms with Crippen LogP contribution in [0.2, 0.25) is 0 Å². The fourth-order valence-corrected chi connectivity index (χ4v) is 1.84. The fraction of sp³-hybridized carbons (Fsp3) is 0.308. The van der Waals surface area contributed by atoms with Crippen LogP contribution in [0.1, 0.15) is 37.1 Å². The molecule has 94 valence electrons. The Kier molecular flexibility index (Phi) is 2.69. The average Bonchev–Trinajstić information content (AvgIpc) is 2.66. The summed E-state index contributed by atoms with van der Waals surface area (Å²) in [5.41, 5.74) is 0.240. The summed E-state index contributed by atoms with van der Waals surface area (Å²) >= 11 is 0. The lowest BCUT2D eigenvalue weighted by molar-refractivity contribution is -0.131. The summed E-state index contributed by atoms with van der Waals surface area (Å²) in [5.74, 6) is -1.80. The van der Waals surface area contributed by atoms with Gasteiger partial charge in [0.05, 0.1) is 5.52 Å². The minimum absolute atomic E-state index is 0.00646. The first kappa shape index (κ1) is 12.3. The van der Waals surface area contributed by atoms with E-state index in [1.165, 1.54) is 0 Å². The number of carbonyl (C=O) groups is 2. The highest BCUT2D eigenvalue weighted by molar-refractivity contribution is 6.40. The molecular formula is C13H14N2O3. The molecule has 0 aliphatic heterocycles. The Hall–Kier alpha value is -2.17. The number of carboxylic acid groups (broad SMARTS) is 1. The number of Topliss-reactive ketones (excluding diaryl/α,β-unsaturated/α-hetero) is 1. The van der Waals surface area contributed by atoms with Crippen molar-refractivity contribution in [3.05, 3.63) is 35.9 Å². The monoisotopic (exact) mass is 246 g/mol. The highest BCUT2D eigenvalue weighted by atomic mass is 16.4. The van der Waals surface area contributed by atoms with Gasteiger partial charge in [0.2, 0.25) is 0 Å². The first-order valence-electron chi connectivity index (χ1n) is 5.57. The van der Waals surface area contributed by atoms with Crippen LogP contribution in [0.25, 0.3) is 5.52 Å². The van der Waals surface area contributed by atoms with Crippen molar-refractivity contribution in [2.24, 2.45) is 0 Å². The Bertz CT molecular complexity index is 635. The summed E-state index contributed by atoms with van der Waals surface area (Å²) in [6, 6.07) is 5.26. The van der Waals surface area contributed by atoms with Crippen molar-refractivity contribution in [3.8, 4) is 0 Å². The van der Waals surface area contributed by atoms with Crippen LogP contribution in [0, 0.1) is 0 Å². The second-order valence-corrected chi connectivity index (χ2v) is 5.12. The van der Waals surface area contributed by atoms with Gasteiger partial charge in [0.15, 0.2) is 0 Å². The lowest BCUT2D eigenvalue weighted by atomic mass is 9.96. The first-order chi connectivity index (χ1) is 8.32. The first-order valence-corrected chi connectivity index (χ1v) is 5.57. The van der Waals surface area contributed by atoms with Crippen molar-refractivity contribution in [2.45, 2.75) is 26.2 Å². The van der Waals surface area contributed by atoms with Gasteiger partial charge >= 0.3 is 5.97 Å². The molecular weight excluding hydrogens is 232 g/mol. The van der Waals surface area contributed by atoms with Gasteiger partial charge in [-0.25, -0.2) is 9.78 Å². The molecule has 1 N–H and O–H groups in total. The summed E-state index contributed by atoms with van der Waals surface area (Å²) in [6.07, 6.45) is 1.78. The number of aliphatic carboxylic acids is 1. The van der Waals surface area contributed by atoms with E-state index in [1.807, 2.05) is 26.8 Å². The van der Waals surface area contributed by atoms with Gasteiger partial charge in [-0.15, -0.1) is 0 Å². The van der Waals surface area contributed by atoms with Crippen LogP contribution in [-0.4, -0.2) is 26.2 Å². The van der Waals surface area contributed by atoms with E-state index in [0.717, 1.165) is 0 Å². The summed E-state index contributed by atoms with van der Waals surface area (Å²) in [7, 11) is 0. The molecule has 0 saturated carbocycles. The van der Waals surface area contributed by atoms with E-state index in [2.05, 4.69) is 4.98 Å². The van der Waals surface area contributed by atoms with E-state index in [4.69, 9.17) is 5.11 Å². The topological polar surface area (TPSA) is 71.7 Å². The zero-order chi connectivity index (χ0) is 13.5. The predicted octanol–water partition coefficient (Wildman–Crippen LogP) is 1.90. The molecule has 0 aliphatic carbocycles. The average molecular weight is 246 g/mol. The molecule has 5 heteroatoms. The molecule has 0 unspecified atom stereocenters. The van der Waals surface area contributed by atoms with Crippen molar-refractivity contribution in [1.29, 1.82) is 0 Å². The number of hydrogen-bond acceptors (Lipinski definition) is 3. The molecule has 2 aromatic rings. The summed E-state index contributed by atoms with van der Waals surface area (Å²) < 4.78 is 1.76. The van der Waals surface area contributed by atoms with Gasteiger partial charge in [0.25, 0.3) is 5.78 Å². The number of carboxylic acids is 1. The smallest absolute Gasteiger partial charge is 0.379 e. The third kappa shape index (κ3) is 1.88. The van der Waals surface area contributed by atoms with Crippen molar-refractivity contribution in [1.82, 2.24) is 9.38 Å². The molecule has 0 aliphatic rings. The Morgan fingerprint density at radius 2 is 1.94 bits per heavy atom. The maximum Gasteiger partial charge on any atom is 0.379 e.